The number of esters is 1. The van der Waals surface area contributed by atoms with Gasteiger partial charge in [-0.05, 0) is 78.7 Å². The zero-order valence-corrected chi connectivity index (χ0v) is 37.6. The number of nitrogens with zero attached hydrogens (tertiary/aromatic N) is 3. The third kappa shape index (κ3) is 11.2. The van der Waals surface area contributed by atoms with Crippen LogP contribution in [0.15, 0.2) is 42.6 Å². The Morgan fingerprint density at radius 2 is 1.81 bits per heavy atom. The van der Waals surface area contributed by atoms with Crippen LogP contribution in [0.5, 0.6) is 0 Å². The van der Waals surface area contributed by atoms with E-state index < -0.39 is 83.4 Å². The number of hydrogen-bond acceptors (Lipinski definition) is 15. The number of nitriles is 1. The summed E-state index contributed by atoms with van der Waals surface area (Å²) in [6.45, 7) is 13.1. The molecule has 4 N–H and O–H groups in total. The van der Waals surface area contributed by atoms with Crippen molar-refractivity contribution in [3.05, 3.63) is 48.2 Å². The normalized spacial score (nSPS) is 35.0. The summed E-state index contributed by atoms with van der Waals surface area (Å²) in [6.07, 6.45) is 0.686. The third-order valence-corrected chi connectivity index (χ3v) is 12.8. The molecule has 16 heteroatoms. The Kier molecular flexibility index (Phi) is 16.8. The van der Waals surface area contributed by atoms with E-state index in [1.165, 1.54) is 6.92 Å². The van der Waals surface area contributed by atoms with Gasteiger partial charge in [0.05, 0.1) is 54.5 Å². The highest BCUT2D eigenvalue weighted by molar-refractivity contribution is 6.00. The number of aliphatic hydroxyl groups is 1. The van der Waals surface area contributed by atoms with Crippen LogP contribution in [0.25, 0.3) is 17.0 Å². The van der Waals surface area contributed by atoms with Crippen LogP contribution in [0.2, 0.25) is 0 Å². The van der Waals surface area contributed by atoms with Crippen molar-refractivity contribution in [3.63, 3.8) is 0 Å². The topological polar surface area (TPSA) is 211 Å². The quantitative estimate of drug-likeness (QED) is 0.0922. The average Bonchev–Trinajstić information content (AvgIpc) is 3.55. The number of aromatic nitrogens is 1. The molecule has 13 atom stereocenters. The van der Waals surface area contributed by atoms with E-state index in [0.29, 0.717) is 19.5 Å². The van der Waals surface area contributed by atoms with Crippen molar-refractivity contribution in [2.24, 2.45) is 23.7 Å². The lowest BCUT2D eigenvalue weighted by Crippen LogP contribution is -2.61. The first-order valence-corrected chi connectivity index (χ1v) is 21.8. The van der Waals surface area contributed by atoms with Crippen LogP contribution in [0.3, 0.4) is 0 Å². The summed E-state index contributed by atoms with van der Waals surface area (Å²) in [5, 5.41) is 30.8. The fraction of sp³-hybridized carbons (Fsp3) is 0.652. The molecule has 1 aromatic heterocycles. The maximum absolute atomic E-state index is 15.1. The lowest BCUT2D eigenvalue weighted by molar-refractivity contribution is -0.296. The summed E-state index contributed by atoms with van der Waals surface area (Å²) >= 11 is 0. The molecule has 3 saturated heterocycles. The number of ketones is 2. The van der Waals surface area contributed by atoms with E-state index in [0.717, 1.165) is 16.5 Å². The van der Waals surface area contributed by atoms with Gasteiger partial charge in [0, 0.05) is 49.1 Å². The molecule has 3 aliphatic heterocycles. The predicted octanol–water partition coefficient (Wildman–Crippen LogP) is 3.79. The van der Waals surface area contributed by atoms with Crippen LogP contribution < -0.4 is 16.0 Å². The van der Waals surface area contributed by atoms with Crippen LogP contribution in [0, 0.1) is 35.0 Å². The molecule has 340 valence electrons. The number of nitrogens with one attached hydrogen (secondary N) is 3. The molecule has 62 heavy (non-hydrogen) atoms. The second kappa shape index (κ2) is 21.4. The first kappa shape index (κ1) is 48.7. The average molecular weight is 863 g/mol. The van der Waals surface area contributed by atoms with Gasteiger partial charge in [-0.1, -0.05) is 51.1 Å². The Bertz CT molecular complexity index is 1960. The number of Topliss-reactive ketones (excluding diaryl/α,β-unsaturated/α-hetero) is 2. The van der Waals surface area contributed by atoms with Gasteiger partial charge in [-0.15, -0.1) is 0 Å². The summed E-state index contributed by atoms with van der Waals surface area (Å²) in [7, 11) is 3.73. The molecule has 0 unspecified atom stereocenters. The molecule has 5 rings (SSSR count). The van der Waals surface area contributed by atoms with E-state index >= 15 is 4.79 Å². The van der Waals surface area contributed by atoms with E-state index in [2.05, 4.69) is 20.9 Å². The zero-order chi connectivity index (χ0) is 45.4. The summed E-state index contributed by atoms with van der Waals surface area (Å²) in [5.74, 6) is -5.55. The van der Waals surface area contributed by atoms with E-state index in [1.807, 2.05) is 74.5 Å². The van der Waals surface area contributed by atoms with Crippen molar-refractivity contribution in [1.82, 2.24) is 25.8 Å². The van der Waals surface area contributed by atoms with Gasteiger partial charge >= 0.3 is 12.1 Å². The molecule has 4 heterocycles. The maximum atomic E-state index is 15.1. The van der Waals surface area contributed by atoms with Crippen molar-refractivity contribution in [3.8, 4) is 6.07 Å². The number of hydrogen-bond donors (Lipinski definition) is 4. The minimum Gasteiger partial charge on any atom is -0.458 e. The number of alkyl carbamates (subject to hydrolysis) is 1. The Morgan fingerprint density at radius 3 is 2.52 bits per heavy atom. The van der Waals surface area contributed by atoms with Crippen LogP contribution in [0.4, 0.5) is 4.79 Å². The van der Waals surface area contributed by atoms with E-state index in [9.17, 15) is 19.5 Å². The first-order chi connectivity index (χ1) is 29.4. The molecule has 2 aromatic rings. The molecule has 3 aliphatic rings. The highest BCUT2D eigenvalue weighted by atomic mass is 16.7. The number of rotatable bonds is 14. The van der Waals surface area contributed by atoms with Crippen molar-refractivity contribution >= 4 is 40.6 Å². The molecule has 0 spiro atoms. The molecule has 1 amide bonds. The van der Waals surface area contributed by atoms with Crippen LogP contribution in [0.1, 0.15) is 73.3 Å². The summed E-state index contributed by atoms with van der Waals surface area (Å²) < 4.78 is 31.8. The molecule has 3 fully saturated rings. The number of cyclic esters (lactones) is 1. The number of amides is 1. The smallest absolute Gasteiger partial charge is 0.408 e. The van der Waals surface area contributed by atoms with Gasteiger partial charge < -0.3 is 49.6 Å². The third-order valence-electron chi connectivity index (χ3n) is 12.8. The predicted molar refractivity (Wildman–Crippen MR) is 231 cm³/mol. The fourth-order valence-electron chi connectivity index (χ4n) is 9.32. The standard InChI is InChI=1S/C46H66N6O10/c1-10-36-46(7)40(51-44(57)62-46)33(26-49-20-19-48-18-17-47)37(53)27(2)24-45(6,58-21-13-14-31-23-32-15-11-12-16-34(32)50-25-31)41(29(4)38(54)30(5)42(56)60-36)61-43-39(55)35(52(8)9)22-28(3)59-43/h11-16,23,25,27-30,33,35-36,39-41,43,48-49,55H,10,18-22,24,26H2,1-9H3,(H,51,57)/b14-13+/t27-,28-,29+,30-,33+,35+,36-,39-,40-,41-,43+,45+,46-/m1/s1. The summed E-state index contributed by atoms with van der Waals surface area (Å²) in [4.78, 5) is 63.3. The van der Waals surface area contributed by atoms with Crippen LogP contribution in [-0.2, 0) is 38.1 Å². The molecule has 0 aliphatic carbocycles. The first-order valence-electron chi connectivity index (χ1n) is 21.8. The van der Waals surface area contributed by atoms with Gasteiger partial charge in [-0.25, -0.2) is 4.79 Å². The number of carbonyl (C=O) groups excluding carboxylic acids is 4. The van der Waals surface area contributed by atoms with Crippen LogP contribution in [-0.4, -0.2) is 139 Å². The monoisotopic (exact) mass is 862 g/mol. The highest BCUT2D eigenvalue weighted by Gasteiger charge is 2.58. The van der Waals surface area contributed by atoms with Gasteiger partial charge in [0.15, 0.2) is 17.7 Å². The number of pyridine rings is 1. The van der Waals surface area contributed by atoms with Gasteiger partial charge in [0.1, 0.15) is 23.9 Å². The largest absolute Gasteiger partial charge is 0.458 e. The number of para-hydroxylation sites is 1. The molecule has 0 saturated carbocycles. The van der Waals surface area contributed by atoms with E-state index in [4.69, 9.17) is 28.9 Å². The summed E-state index contributed by atoms with van der Waals surface area (Å²) in [5.41, 5.74) is -1.21. The van der Waals surface area contributed by atoms with E-state index in [1.54, 1.807) is 40.8 Å². The van der Waals surface area contributed by atoms with Crippen molar-refractivity contribution in [1.29, 1.82) is 5.26 Å². The van der Waals surface area contributed by atoms with Crippen molar-refractivity contribution < 1.29 is 48.0 Å². The Balaban J connectivity index is 1.58. The lowest BCUT2D eigenvalue weighted by atomic mass is 9.73. The van der Waals surface area contributed by atoms with Gasteiger partial charge in [0.25, 0.3) is 0 Å². The van der Waals surface area contributed by atoms with Gasteiger partial charge in [-0.3, -0.25) is 19.4 Å². The van der Waals surface area contributed by atoms with E-state index in [-0.39, 0.29) is 50.5 Å². The zero-order valence-electron chi connectivity index (χ0n) is 37.6. The fourth-order valence-corrected chi connectivity index (χ4v) is 9.32. The highest BCUT2D eigenvalue weighted by Crippen LogP contribution is 2.40. The molecular weight excluding hydrogens is 797 g/mol. The maximum Gasteiger partial charge on any atom is 0.408 e. The molecule has 0 bridgehead atoms. The Morgan fingerprint density at radius 1 is 1.08 bits per heavy atom. The number of carbonyl (C=O) groups is 4. The second-order valence-corrected chi connectivity index (χ2v) is 17.7. The summed E-state index contributed by atoms with van der Waals surface area (Å²) in [6, 6.07) is 10.6. The Labute approximate surface area is 365 Å². The van der Waals surface area contributed by atoms with Crippen LogP contribution >= 0.6 is 0 Å². The second-order valence-electron chi connectivity index (χ2n) is 17.7. The number of ether oxygens (including phenoxy) is 5. The molecule has 16 nitrogen and oxygen atoms in total. The number of benzene rings is 1. The number of fused-ring (bicyclic) bond motifs is 2. The Hall–Kier alpha value is -4.34. The number of likely N-dealkylation sites (N-methyl/N-ethyl adjacent to an activating group) is 1. The lowest BCUT2D eigenvalue weighted by Gasteiger charge is -2.47. The van der Waals surface area contributed by atoms with Gasteiger partial charge in [0.2, 0.25) is 0 Å². The SMILES string of the molecule is CC[C@H]1OC(=O)[C@H](C)C(=O)[C@H](C)[C@@H](O[C@@H]2O[C@H](C)C[C@H](N(C)C)[C@H]2O)[C@@](C)(OC/C=C/c2cnc3ccccc3c2)C[C@@H](C)C(=O)[C@H](CNCCNCC#N)[C@H]2NC(=O)O[C@@]21C. The minimum atomic E-state index is -1.48. The minimum absolute atomic E-state index is 0.0247. The van der Waals surface area contributed by atoms with Crippen molar-refractivity contribution in [2.45, 2.75) is 122 Å². The van der Waals surface area contributed by atoms with Crippen molar-refractivity contribution in [2.75, 3.05) is 46.9 Å². The number of aliphatic hydroxyl groups excluding tert-OH is 1. The van der Waals surface area contributed by atoms with Gasteiger partial charge in [-0.2, -0.15) is 5.26 Å². The molecular formula is C46H66N6O10. The molecule has 0 radical (unpaired) electrons. The molecule has 1 aromatic carbocycles.